The molecule has 0 unspecified atom stereocenters. The summed E-state index contributed by atoms with van der Waals surface area (Å²) < 4.78 is 0.374. The summed E-state index contributed by atoms with van der Waals surface area (Å²) in [6.07, 6.45) is -3.70. The molecule has 4 atom stereocenters. The molecule has 0 rings (SSSR count). The molecule has 0 saturated carbocycles. The van der Waals surface area contributed by atoms with Crippen molar-refractivity contribution in [2.24, 2.45) is 5.10 Å². The SMILES string of the molecule is CSC(=S)N/N=C\[C@H](O)[C@H](O)[C@H](O)[C@H](O)CO. The Labute approximate surface area is 108 Å². The number of hydrogen-bond donors (Lipinski definition) is 6. The number of hydrazone groups is 1. The Balaban J connectivity index is 4.21. The molecule has 0 aliphatic carbocycles. The number of aliphatic hydroxyl groups is 5. The van der Waals surface area contributed by atoms with Crippen molar-refractivity contribution < 1.29 is 25.5 Å². The van der Waals surface area contributed by atoms with Crippen LogP contribution in [0.4, 0.5) is 0 Å². The molecule has 0 amide bonds. The first-order chi connectivity index (χ1) is 7.93. The van der Waals surface area contributed by atoms with Crippen molar-refractivity contribution in [2.75, 3.05) is 12.9 Å². The van der Waals surface area contributed by atoms with Gasteiger partial charge in [0.25, 0.3) is 0 Å². The number of thiocarbonyl (C=S) groups is 1. The van der Waals surface area contributed by atoms with Crippen molar-refractivity contribution in [3.05, 3.63) is 0 Å². The van der Waals surface area contributed by atoms with Gasteiger partial charge in [-0.2, -0.15) is 5.10 Å². The highest BCUT2D eigenvalue weighted by molar-refractivity contribution is 8.22. The molecule has 100 valence electrons. The standard InChI is InChI=1S/C8H16N2O5S2/c1-17-8(16)10-9-2-4(12)6(14)7(15)5(13)3-11/h2,4-7,11-15H,3H2,1H3,(H,10,16)/b9-2-/t4-,5+,6-,7+/m0/s1. The monoisotopic (exact) mass is 284 g/mol. The summed E-state index contributed by atoms with van der Waals surface area (Å²) in [6.45, 7) is -0.725. The van der Waals surface area contributed by atoms with E-state index in [9.17, 15) is 15.3 Å². The fourth-order valence-electron chi connectivity index (χ4n) is 0.838. The molecule has 0 bridgehead atoms. The first-order valence-electron chi connectivity index (χ1n) is 4.64. The predicted molar refractivity (Wildman–Crippen MR) is 68.9 cm³/mol. The maximum Gasteiger partial charge on any atom is 0.153 e. The minimum Gasteiger partial charge on any atom is -0.394 e. The van der Waals surface area contributed by atoms with Gasteiger partial charge >= 0.3 is 0 Å². The van der Waals surface area contributed by atoms with Gasteiger partial charge in [-0.1, -0.05) is 24.0 Å². The lowest BCUT2D eigenvalue weighted by atomic mass is 10.0. The molecule has 9 heteroatoms. The van der Waals surface area contributed by atoms with Crippen LogP contribution in [0.3, 0.4) is 0 Å². The maximum atomic E-state index is 9.38. The lowest BCUT2D eigenvalue weighted by molar-refractivity contribution is -0.0999. The highest BCUT2D eigenvalue weighted by Gasteiger charge is 2.29. The van der Waals surface area contributed by atoms with Crippen LogP contribution in [0, 0.1) is 0 Å². The average molecular weight is 284 g/mol. The quantitative estimate of drug-likeness (QED) is 0.182. The smallest absolute Gasteiger partial charge is 0.153 e. The molecule has 0 spiro atoms. The van der Waals surface area contributed by atoms with Crippen molar-refractivity contribution >= 4 is 34.5 Å². The lowest BCUT2D eigenvalue weighted by Crippen LogP contribution is -2.46. The molecule has 0 aromatic heterocycles. The van der Waals surface area contributed by atoms with Crippen LogP contribution in [0.25, 0.3) is 0 Å². The number of aliphatic hydroxyl groups excluding tert-OH is 5. The zero-order chi connectivity index (χ0) is 13.4. The van der Waals surface area contributed by atoms with Gasteiger partial charge < -0.3 is 25.5 Å². The average Bonchev–Trinajstić information content (AvgIpc) is 2.35. The van der Waals surface area contributed by atoms with Gasteiger partial charge in [-0.05, 0) is 6.26 Å². The second-order valence-corrected chi connectivity index (χ2v) is 4.59. The van der Waals surface area contributed by atoms with Crippen LogP contribution in [0.15, 0.2) is 5.10 Å². The lowest BCUT2D eigenvalue weighted by Gasteiger charge is -2.23. The van der Waals surface area contributed by atoms with E-state index in [1.165, 1.54) is 11.8 Å². The number of nitrogens with zero attached hydrogens (tertiary/aromatic N) is 1. The summed E-state index contributed by atoms with van der Waals surface area (Å²) in [4.78, 5) is 0. The largest absolute Gasteiger partial charge is 0.394 e. The molecule has 0 radical (unpaired) electrons. The van der Waals surface area contributed by atoms with Crippen LogP contribution in [-0.4, -0.2) is 73.3 Å². The molecule has 7 nitrogen and oxygen atoms in total. The number of nitrogens with one attached hydrogen (secondary N) is 1. The third kappa shape index (κ3) is 6.27. The van der Waals surface area contributed by atoms with Crippen LogP contribution in [0.5, 0.6) is 0 Å². The van der Waals surface area contributed by atoms with Gasteiger partial charge in [-0.25, -0.2) is 0 Å². The molecule has 6 N–H and O–H groups in total. The van der Waals surface area contributed by atoms with Gasteiger partial charge in [0.1, 0.15) is 24.4 Å². The fraction of sp³-hybridized carbons (Fsp3) is 0.750. The number of rotatable bonds is 6. The Morgan fingerprint density at radius 2 is 1.94 bits per heavy atom. The minimum atomic E-state index is -1.67. The first kappa shape index (κ1) is 16.7. The summed E-state index contributed by atoms with van der Waals surface area (Å²) in [5, 5.41) is 49.2. The topological polar surface area (TPSA) is 126 Å². The molecule has 0 heterocycles. The van der Waals surface area contributed by atoms with Crippen LogP contribution in [0.2, 0.25) is 0 Å². The first-order valence-corrected chi connectivity index (χ1v) is 6.27. The van der Waals surface area contributed by atoms with E-state index in [0.717, 1.165) is 6.21 Å². The van der Waals surface area contributed by atoms with Crippen molar-refractivity contribution in [3.63, 3.8) is 0 Å². The van der Waals surface area contributed by atoms with E-state index in [2.05, 4.69) is 10.5 Å². The molecule has 0 saturated heterocycles. The zero-order valence-corrected chi connectivity index (χ0v) is 10.7. The summed E-state index contributed by atoms with van der Waals surface area (Å²) in [5.41, 5.74) is 2.40. The van der Waals surface area contributed by atoms with Crippen LogP contribution in [-0.2, 0) is 0 Å². The number of hydrogen-bond acceptors (Lipinski definition) is 8. The van der Waals surface area contributed by atoms with E-state index in [-0.39, 0.29) is 0 Å². The van der Waals surface area contributed by atoms with Crippen LogP contribution < -0.4 is 5.43 Å². The maximum absolute atomic E-state index is 9.38. The molecular weight excluding hydrogens is 268 g/mol. The minimum absolute atomic E-state index is 0.374. The van der Waals surface area contributed by atoms with E-state index in [4.69, 9.17) is 22.4 Å². The van der Waals surface area contributed by atoms with Gasteiger partial charge in [0.05, 0.1) is 12.8 Å². The van der Waals surface area contributed by atoms with Crippen molar-refractivity contribution in [1.82, 2.24) is 5.43 Å². The van der Waals surface area contributed by atoms with Gasteiger partial charge in [0, 0.05) is 0 Å². The Hall–Kier alpha value is -0.290. The van der Waals surface area contributed by atoms with Crippen molar-refractivity contribution in [3.8, 4) is 0 Å². The molecule has 17 heavy (non-hydrogen) atoms. The Morgan fingerprint density at radius 1 is 1.35 bits per heavy atom. The second-order valence-electron chi connectivity index (χ2n) is 3.10. The van der Waals surface area contributed by atoms with Crippen molar-refractivity contribution in [1.29, 1.82) is 0 Å². The van der Waals surface area contributed by atoms with E-state index in [0.29, 0.717) is 4.32 Å². The Kier molecular flexibility index (Phi) is 8.60. The summed E-state index contributed by atoms with van der Waals surface area (Å²) in [6, 6.07) is 0. The fourth-order valence-corrected chi connectivity index (χ4v) is 1.03. The molecular formula is C8H16N2O5S2. The van der Waals surface area contributed by atoms with E-state index < -0.39 is 31.0 Å². The molecule has 0 aromatic carbocycles. The van der Waals surface area contributed by atoms with Gasteiger partial charge in [0.2, 0.25) is 0 Å². The summed E-state index contributed by atoms with van der Waals surface area (Å²) in [7, 11) is 0. The Morgan fingerprint density at radius 3 is 2.41 bits per heavy atom. The third-order valence-electron chi connectivity index (χ3n) is 1.85. The Bertz CT molecular complexity index is 266. The summed E-state index contributed by atoms with van der Waals surface area (Å²) in [5.74, 6) is 0. The van der Waals surface area contributed by atoms with Crippen LogP contribution in [0.1, 0.15) is 0 Å². The molecule has 0 aliphatic rings. The normalized spacial score (nSPS) is 18.7. The van der Waals surface area contributed by atoms with Gasteiger partial charge in [0.15, 0.2) is 4.32 Å². The highest BCUT2D eigenvalue weighted by atomic mass is 32.2. The van der Waals surface area contributed by atoms with E-state index in [1.807, 2.05) is 0 Å². The van der Waals surface area contributed by atoms with Gasteiger partial charge in [-0.3, -0.25) is 5.43 Å². The highest BCUT2D eigenvalue weighted by Crippen LogP contribution is 2.03. The second kappa shape index (κ2) is 8.75. The summed E-state index contributed by atoms with van der Waals surface area (Å²) >= 11 is 6.00. The van der Waals surface area contributed by atoms with Crippen molar-refractivity contribution in [2.45, 2.75) is 24.4 Å². The third-order valence-corrected chi connectivity index (χ3v) is 2.90. The van der Waals surface area contributed by atoms with E-state index >= 15 is 0 Å². The molecule has 0 aromatic rings. The molecule has 0 aliphatic heterocycles. The molecule has 0 fully saturated rings. The van der Waals surface area contributed by atoms with Gasteiger partial charge in [-0.15, -0.1) is 0 Å². The number of thioether (sulfide) groups is 1. The van der Waals surface area contributed by atoms with Crippen LogP contribution >= 0.6 is 24.0 Å². The zero-order valence-electron chi connectivity index (χ0n) is 9.09. The van der Waals surface area contributed by atoms with E-state index in [1.54, 1.807) is 6.26 Å². The predicted octanol–water partition coefficient (Wildman–Crippen LogP) is -2.35.